The van der Waals surface area contributed by atoms with E-state index >= 15 is 0 Å². The summed E-state index contributed by atoms with van der Waals surface area (Å²) in [6.07, 6.45) is 0. The first-order valence-corrected chi connectivity index (χ1v) is 11.0. The van der Waals surface area contributed by atoms with Crippen LogP contribution in [-0.4, -0.2) is 75.2 Å². The van der Waals surface area contributed by atoms with Gasteiger partial charge in [0, 0.05) is 43.2 Å². The van der Waals surface area contributed by atoms with Gasteiger partial charge in [-0.1, -0.05) is 18.2 Å². The number of rotatable bonds is 5. The normalized spacial score (nSPS) is 20.8. The average Bonchev–Trinajstić information content (AvgIpc) is 3.29. The quantitative estimate of drug-likeness (QED) is 0.718. The molecule has 2 aliphatic rings. The molecule has 2 atom stereocenters. The van der Waals surface area contributed by atoms with E-state index in [0.29, 0.717) is 56.5 Å². The number of methoxy groups -OCH3 is 2. The van der Waals surface area contributed by atoms with Gasteiger partial charge in [0.15, 0.2) is 0 Å². The molecule has 7 nitrogen and oxygen atoms in total. The molecule has 0 radical (unpaired) electrons. The van der Waals surface area contributed by atoms with E-state index in [1.165, 1.54) is 0 Å². The van der Waals surface area contributed by atoms with Gasteiger partial charge in [-0.25, -0.2) is 0 Å². The van der Waals surface area contributed by atoms with Crippen molar-refractivity contribution in [1.82, 2.24) is 9.80 Å². The molecule has 2 aliphatic heterocycles. The Morgan fingerprint density at radius 2 is 1.72 bits per heavy atom. The van der Waals surface area contributed by atoms with Gasteiger partial charge in [-0.15, -0.1) is 0 Å². The number of amides is 2. The third-order valence-electron chi connectivity index (χ3n) is 6.46. The number of carbonyl (C=O) groups is 2. The molecule has 7 heteroatoms. The van der Waals surface area contributed by atoms with Crippen molar-refractivity contribution in [3.8, 4) is 11.5 Å². The molecular weight excluding hydrogens is 408 g/mol. The van der Waals surface area contributed by atoms with Crippen LogP contribution in [0.5, 0.6) is 11.5 Å². The SMILES string of the molecule is COc1ccc(OC)c(C2CN(C(=O)c3ccccc3C)CC2C(=O)N2CCOCC2)c1. The first-order chi connectivity index (χ1) is 15.5. The minimum atomic E-state index is -0.359. The minimum Gasteiger partial charge on any atom is -0.497 e. The average molecular weight is 439 g/mol. The Balaban J connectivity index is 1.69. The molecule has 170 valence electrons. The molecule has 0 bridgehead atoms. The molecule has 2 fully saturated rings. The largest absolute Gasteiger partial charge is 0.497 e. The molecule has 2 aromatic carbocycles. The second-order valence-electron chi connectivity index (χ2n) is 8.28. The van der Waals surface area contributed by atoms with Crippen LogP contribution >= 0.6 is 0 Å². The number of likely N-dealkylation sites (tertiary alicyclic amines) is 1. The smallest absolute Gasteiger partial charge is 0.254 e. The Labute approximate surface area is 188 Å². The topological polar surface area (TPSA) is 68.3 Å². The van der Waals surface area contributed by atoms with Gasteiger partial charge in [-0.05, 0) is 36.8 Å². The molecule has 2 heterocycles. The second-order valence-corrected chi connectivity index (χ2v) is 8.28. The zero-order chi connectivity index (χ0) is 22.7. The van der Waals surface area contributed by atoms with E-state index in [1.807, 2.05) is 54.3 Å². The van der Waals surface area contributed by atoms with Gasteiger partial charge in [0.2, 0.25) is 5.91 Å². The Bertz CT molecular complexity index is 986. The number of morpholine rings is 1. The zero-order valence-corrected chi connectivity index (χ0v) is 18.9. The summed E-state index contributed by atoms with van der Waals surface area (Å²) in [5.41, 5.74) is 2.48. The van der Waals surface area contributed by atoms with Crippen molar-refractivity contribution in [2.24, 2.45) is 5.92 Å². The summed E-state index contributed by atoms with van der Waals surface area (Å²) in [4.78, 5) is 30.6. The summed E-state index contributed by atoms with van der Waals surface area (Å²) in [5.74, 6) is 0.851. The van der Waals surface area contributed by atoms with Crippen molar-refractivity contribution in [3.05, 3.63) is 59.2 Å². The molecule has 2 amide bonds. The number of ether oxygens (including phenoxy) is 3. The summed E-state index contributed by atoms with van der Waals surface area (Å²) < 4.78 is 16.5. The van der Waals surface area contributed by atoms with Crippen LogP contribution in [0.25, 0.3) is 0 Å². The molecule has 0 N–H and O–H groups in total. The molecule has 0 aliphatic carbocycles. The van der Waals surface area contributed by atoms with Crippen LogP contribution in [0.15, 0.2) is 42.5 Å². The number of hydrogen-bond acceptors (Lipinski definition) is 5. The maximum absolute atomic E-state index is 13.6. The predicted octanol–water partition coefficient (Wildman–Crippen LogP) is 2.73. The van der Waals surface area contributed by atoms with E-state index in [4.69, 9.17) is 14.2 Å². The highest BCUT2D eigenvalue weighted by Crippen LogP contribution is 2.40. The maximum atomic E-state index is 13.6. The molecule has 2 unspecified atom stereocenters. The van der Waals surface area contributed by atoms with Crippen LogP contribution in [0.4, 0.5) is 0 Å². The molecule has 4 rings (SSSR count). The highest BCUT2D eigenvalue weighted by Gasteiger charge is 2.43. The monoisotopic (exact) mass is 438 g/mol. The molecule has 2 aromatic rings. The van der Waals surface area contributed by atoms with Gasteiger partial charge in [0.25, 0.3) is 5.91 Å². The van der Waals surface area contributed by atoms with Crippen LogP contribution in [0.2, 0.25) is 0 Å². The first-order valence-electron chi connectivity index (χ1n) is 11.0. The van der Waals surface area contributed by atoms with Gasteiger partial charge in [0.05, 0.1) is 33.4 Å². The fourth-order valence-corrected chi connectivity index (χ4v) is 4.67. The van der Waals surface area contributed by atoms with Crippen molar-refractivity contribution < 1.29 is 23.8 Å². The minimum absolute atomic E-state index is 0.0489. The number of aryl methyl sites for hydroxylation is 1. The fourth-order valence-electron chi connectivity index (χ4n) is 4.67. The van der Waals surface area contributed by atoms with E-state index in [9.17, 15) is 9.59 Å². The summed E-state index contributed by atoms with van der Waals surface area (Å²) in [6.45, 7) is 4.97. The van der Waals surface area contributed by atoms with Crippen molar-refractivity contribution in [3.63, 3.8) is 0 Å². The lowest BCUT2D eigenvalue weighted by Gasteiger charge is -2.31. The van der Waals surface area contributed by atoms with E-state index < -0.39 is 0 Å². The molecule has 0 saturated carbocycles. The summed E-state index contributed by atoms with van der Waals surface area (Å²) in [5, 5.41) is 0. The Kier molecular flexibility index (Phi) is 6.65. The number of hydrogen-bond donors (Lipinski definition) is 0. The zero-order valence-electron chi connectivity index (χ0n) is 18.9. The molecule has 2 saturated heterocycles. The standard InChI is InChI=1S/C25H30N2O5/c1-17-6-4-5-7-19(17)24(28)27-15-21(20-14-18(30-2)8-9-23(20)31-3)22(16-27)25(29)26-10-12-32-13-11-26/h4-9,14,21-22H,10-13,15-16H2,1-3H3. The third kappa shape index (κ3) is 4.30. The van der Waals surface area contributed by atoms with E-state index in [-0.39, 0.29) is 23.7 Å². The highest BCUT2D eigenvalue weighted by molar-refractivity contribution is 5.96. The lowest BCUT2D eigenvalue weighted by atomic mass is 9.87. The lowest BCUT2D eigenvalue weighted by molar-refractivity contribution is -0.139. The molecule has 0 aromatic heterocycles. The lowest BCUT2D eigenvalue weighted by Crippen LogP contribution is -2.45. The summed E-state index contributed by atoms with van der Waals surface area (Å²) in [6, 6.07) is 13.2. The molecule has 0 spiro atoms. The first kappa shape index (κ1) is 22.1. The van der Waals surface area contributed by atoms with Crippen LogP contribution in [-0.2, 0) is 9.53 Å². The number of benzene rings is 2. The summed E-state index contributed by atoms with van der Waals surface area (Å²) >= 11 is 0. The van der Waals surface area contributed by atoms with Gasteiger partial charge < -0.3 is 24.0 Å². The van der Waals surface area contributed by atoms with E-state index in [1.54, 1.807) is 19.1 Å². The Hall–Kier alpha value is -3.06. The van der Waals surface area contributed by atoms with E-state index in [2.05, 4.69) is 0 Å². The number of carbonyl (C=O) groups excluding carboxylic acids is 2. The van der Waals surface area contributed by atoms with Crippen molar-refractivity contribution in [2.45, 2.75) is 12.8 Å². The van der Waals surface area contributed by atoms with Crippen molar-refractivity contribution in [1.29, 1.82) is 0 Å². The van der Waals surface area contributed by atoms with Gasteiger partial charge >= 0.3 is 0 Å². The van der Waals surface area contributed by atoms with Crippen LogP contribution in [0, 0.1) is 12.8 Å². The Morgan fingerprint density at radius 1 is 0.969 bits per heavy atom. The van der Waals surface area contributed by atoms with Crippen LogP contribution in [0.1, 0.15) is 27.4 Å². The Morgan fingerprint density at radius 3 is 2.41 bits per heavy atom. The van der Waals surface area contributed by atoms with Crippen molar-refractivity contribution in [2.75, 3.05) is 53.6 Å². The summed E-state index contributed by atoms with van der Waals surface area (Å²) in [7, 11) is 3.24. The number of nitrogens with zero attached hydrogens (tertiary/aromatic N) is 2. The second kappa shape index (κ2) is 9.61. The third-order valence-corrected chi connectivity index (χ3v) is 6.46. The molecule has 32 heavy (non-hydrogen) atoms. The van der Waals surface area contributed by atoms with Gasteiger partial charge in [0.1, 0.15) is 11.5 Å². The van der Waals surface area contributed by atoms with Crippen LogP contribution in [0.3, 0.4) is 0 Å². The van der Waals surface area contributed by atoms with Crippen LogP contribution < -0.4 is 9.47 Å². The van der Waals surface area contributed by atoms with Gasteiger partial charge in [-0.2, -0.15) is 0 Å². The van der Waals surface area contributed by atoms with Gasteiger partial charge in [-0.3, -0.25) is 9.59 Å². The fraction of sp³-hybridized carbons (Fsp3) is 0.440. The highest BCUT2D eigenvalue weighted by atomic mass is 16.5. The van der Waals surface area contributed by atoms with E-state index in [0.717, 1.165) is 11.1 Å². The molecular formula is C25H30N2O5. The maximum Gasteiger partial charge on any atom is 0.254 e. The van der Waals surface area contributed by atoms with Crippen molar-refractivity contribution >= 4 is 11.8 Å². The predicted molar refractivity (Wildman–Crippen MR) is 120 cm³/mol.